The predicted molar refractivity (Wildman–Crippen MR) is 128 cm³/mol. The Hall–Kier alpha value is -3.72. The van der Waals surface area contributed by atoms with Gasteiger partial charge in [-0.3, -0.25) is 14.4 Å². The highest BCUT2D eigenvalue weighted by Gasteiger charge is 2.60. The van der Waals surface area contributed by atoms with Crippen molar-refractivity contribution in [3.8, 4) is 5.75 Å². The van der Waals surface area contributed by atoms with E-state index in [1.165, 1.54) is 6.07 Å². The molecule has 1 aromatic carbocycles. The Kier molecular flexibility index (Phi) is 6.91. The van der Waals surface area contributed by atoms with Crippen molar-refractivity contribution in [2.24, 2.45) is 17.6 Å². The van der Waals surface area contributed by atoms with Crippen LogP contribution in [0, 0.1) is 11.8 Å². The quantitative estimate of drug-likeness (QED) is 0.218. The molecule has 3 unspecified atom stereocenters. The third-order valence-corrected chi connectivity index (χ3v) is 7.68. The van der Waals surface area contributed by atoms with Crippen molar-refractivity contribution in [3.63, 3.8) is 0 Å². The van der Waals surface area contributed by atoms with Gasteiger partial charge in [0.15, 0.2) is 11.4 Å². The Bertz CT molecular complexity index is 1390. The van der Waals surface area contributed by atoms with Crippen LogP contribution in [0.4, 0.5) is 27.6 Å². The maximum absolute atomic E-state index is 13.6. The molecule has 0 heterocycles. The molecule has 15 heteroatoms. The van der Waals surface area contributed by atoms with Crippen molar-refractivity contribution in [1.29, 1.82) is 0 Å². The average Bonchev–Trinajstić information content (AvgIpc) is 2.81. The highest BCUT2D eigenvalue weighted by atomic mass is 19.4. The lowest BCUT2D eigenvalue weighted by Gasteiger charge is -2.46. The number of amides is 1. The maximum atomic E-state index is 13.6. The van der Waals surface area contributed by atoms with Crippen molar-refractivity contribution < 1.29 is 56.8 Å². The number of halogens is 5. The maximum Gasteiger partial charge on any atom is 0.454 e. The second kappa shape index (κ2) is 9.44. The highest BCUT2D eigenvalue weighted by Crippen LogP contribution is 2.53. The van der Waals surface area contributed by atoms with Crippen molar-refractivity contribution in [3.05, 3.63) is 39.7 Å². The second-order valence-electron chi connectivity index (χ2n) is 10.4. The van der Waals surface area contributed by atoms with Crippen LogP contribution in [0.2, 0.25) is 0 Å². The molecular weight excluding hydrogens is 549 g/mol. The fourth-order valence-corrected chi connectivity index (χ4v) is 5.71. The number of phenolic OH excluding ortho intramolecular Hbond substituents is 1. The summed E-state index contributed by atoms with van der Waals surface area (Å²) in [5, 5.41) is 46.1. The zero-order chi connectivity index (χ0) is 30.1. The summed E-state index contributed by atoms with van der Waals surface area (Å²) >= 11 is 0. The molecule has 4 rings (SSSR count). The van der Waals surface area contributed by atoms with Gasteiger partial charge in [0.25, 0.3) is 5.91 Å². The fourth-order valence-electron chi connectivity index (χ4n) is 5.71. The minimum absolute atomic E-state index is 0.00465. The van der Waals surface area contributed by atoms with Gasteiger partial charge < -0.3 is 36.4 Å². The van der Waals surface area contributed by atoms with Crippen LogP contribution in [0.1, 0.15) is 29.5 Å². The number of fused-ring (bicyclic) bond motifs is 3. The lowest BCUT2D eigenvalue weighted by Crippen LogP contribution is -2.58. The van der Waals surface area contributed by atoms with Gasteiger partial charge in [-0.1, -0.05) is 0 Å². The Balaban J connectivity index is 1.81. The van der Waals surface area contributed by atoms with E-state index in [1.54, 1.807) is 19.0 Å². The number of alkyl halides is 5. The van der Waals surface area contributed by atoms with Crippen LogP contribution >= 0.6 is 0 Å². The summed E-state index contributed by atoms with van der Waals surface area (Å²) in [5.41, 5.74) is 1.22. The summed E-state index contributed by atoms with van der Waals surface area (Å²) in [6, 6.07) is 1.34. The number of aliphatic hydroxyl groups excluding tert-OH is 2. The molecule has 1 saturated carbocycles. The number of primary amides is 1. The molecule has 3 aliphatic rings. The molecule has 10 nitrogen and oxygen atoms in total. The predicted octanol–water partition coefficient (Wildman–Crippen LogP) is 1.78. The van der Waals surface area contributed by atoms with Crippen LogP contribution in [-0.2, 0) is 27.3 Å². The first-order chi connectivity index (χ1) is 18.3. The normalized spacial score (nSPS) is 25.0. The molecule has 0 saturated heterocycles. The van der Waals surface area contributed by atoms with Crippen molar-refractivity contribution in [2.45, 2.75) is 43.5 Å². The molecule has 0 aromatic heterocycles. The summed E-state index contributed by atoms with van der Waals surface area (Å²) in [7, 11) is 3.16. The van der Waals surface area contributed by atoms with Crippen LogP contribution in [0.5, 0.6) is 5.75 Å². The van der Waals surface area contributed by atoms with Crippen LogP contribution in [0.25, 0.3) is 5.76 Å². The molecule has 0 radical (unpaired) electrons. The Morgan fingerprint density at radius 1 is 1.15 bits per heavy atom. The zero-order valence-electron chi connectivity index (χ0n) is 21.2. The van der Waals surface area contributed by atoms with Gasteiger partial charge >= 0.3 is 12.1 Å². The van der Waals surface area contributed by atoms with Gasteiger partial charge in [-0.25, -0.2) is 0 Å². The standard InChI is InChI=1S/C25H26F5N3O7/c1-33(2)13-5-10(7-32-8-23(26,27)25(28,29)30)18(35)16-12(13)4-9-3-11-6-14(34)17(22(31)39)21(38)24(11,40)20(37)15(9)19(16)36/h5,9,11,32,35-36,38,40H,3-4,6-8H2,1-2H3,(H2,31,39). The summed E-state index contributed by atoms with van der Waals surface area (Å²) in [6.07, 6.45) is -6.38. The van der Waals surface area contributed by atoms with E-state index in [2.05, 4.69) is 0 Å². The number of nitrogens with one attached hydrogen (secondary N) is 1. The summed E-state index contributed by atoms with van der Waals surface area (Å²) in [6.45, 7) is -2.47. The van der Waals surface area contributed by atoms with E-state index in [4.69, 9.17) is 5.73 Å². The SMILES string of the molecule is CN(C)c1cc(CNCC(F)(F)C(F)(F)F)c(O)c2c1CC1CC3CC(=O)C(C(N)=O)=C(O)C3(O)C(=O)C1=C2O. The van der Waals surface area contributed by atoms with Crippen LogP contribution in [-0.4, -0.2) is 76.2 Å². The number of carbonyl (C=O) groups excluding carboxylic acids is 3. The molecule has 3 aliphatic carbocycles. The average molecular weight is 575 g/mol. The molecule has 40 heavy (non-hydrogen) atoms. The number of benzene rings is 1. The molecule has 3 atom stereocenters. The number of hydrogen-bond acceptors (Lipinski definition) is 9. The van der Waals surface area contributed by atoms with Gasteiger partial charge in [0.1, 0.15) is 22.8 Å². The van der Waals surface area contributed by atoms with Crippen LogP contribution in [0.3, 0.4) is 0 Å². The lowest BCUT2D eigenvalue weighted by molar-refractivity contribution is -0.279. The number of aliphatic hydroxyl groups is 3. The van der Waals surface area contributed by atoms with E-state index in [9.17, 15) is 56.8 Å². The number of rotatable bonds is 6. The number of anilines is 1. The molecule has 0 spiro atoms. The van der Waals surface area contributed by atoms with Gasteiger partial charge in [0, 0.05) is 49.8 Å². The summed E-state index contributed by atoms with van der Waals surface area (Å²) in [5.74, 6) is -13.2. The van der Waals surface area contributed by atoms with Crippen molar-refractivity contribution >= 4 is 28.9 Å². The van der Waals surface area contributed by atoms with Gasteiger partial charge in [0.2, 0.25) is 5.78 Å². The van der Waals surface area contributed by atoms with Gasteiger partial charge in [0.05, 0.1) is 12.1 Å². The monoisotopic (exact) mass is 575 g/mol. The van der Waals surface area contributed by atoms with E-state index < -0.39 is 94.9 Å². The number of Topliss-reactive ketones (excluding diaryl/α,β-unsaturated/α-hetero) is 2. The Morgan fingerprint density at radius 2 is 1.77 bits per heavy atom. The molecule has 218 valence electrons. The largest absolute Gasteiger partial charge is 0.508 e. The molecule has 1 aromatic rings. The Morgan fingerprint density at radius 3 is 2.33 bits per heavy atom. The molecule has 0 aliphatic heterocycles. The number of hydrogen-bond donors (Lipinski definition) is 6. The minimum atomic E-state index is -5.80. The first-order valence-corrected chi connectivity index (χ1v) is 12.0. The number of nitrogens with two attached hydrogens (primary N) is 1. The van der Waals surface area contributed by atoms with Gasteiger partial charge in [-0.05, 0) is 30.4 Å². The second-order valence-corrected chi connectivity index (χ2v) is 10.4. The smallest absolute Gasteiger partial charge is 0.454 e. The van der Waals surface area contributed by atoms with E-state index in [-0.39, 0.29) is 24.0 Å². The molecule has 1 amide bonds. The minimum Gasteiger partial charge on any atom is -0.508 e. The number of carbonyl (C=O) groups is 3. The number of aromatic hydroxyl groups is 1. The van der Waals surface area contributed by atoms with Crippen LogP contribution < -0.4 is 16.0 Å². The summed E-state index contributed by atoms with van der Waals surface area (Å²) in [4.78, 5) is 39.3. The molecular formula is C25H26F5N3O7. The van der Waals surface area contributed by atoms with E-state index in [1.807, 2.05) is 5.32 Å². The first-order valence-electron chi connectivity index (χ1n) is 12.0. The third-order valence-electron chi connectivity index (χ3n) is 7.68. The van der Waals surface area contributed by atoms with E-state index in [0.29, 0.717) is 11.3 Å². The van der Waals surface area contributed by atoms with Crippen molar-refractivity contribution in [1.82, 2.24) is 5.32 Å². The van der Waals surface area contributed by atoms with E-state index >= 15 is 0 Å². The topological polar surface area (TPSA) is 173 Å². The Labute approximate surface area is 223 Å². The van der Waals surface area contributed by atoms with Gasteiger partial charge in [-0.2, -0.15) is 22.0 Å². The molecule has 7 N–H and O–H groups in total. The molecule has 1 fully saturated rings. The fraction of sp³-hybridized carbons (Fsp3) is 0.480. The van der Waals surface area contributed by atoms with E-state index in [0.717, 1.165) is 0 Å². The van der Waals surface area contributed by atoms with Crippen LogP contribution in [0.15, 0.2) is 23.0 Å². The number of ketones is 2. The third kappa shape index (κ3) is 4.27. The van der Waals surface area contributed by atoms with Crippen molar-refractivity contribution in [2.75, 3.05) is 25.5 Å². The molecule has 0 bridgehead atoms. The summed E-state index contributed by atoms with van der Waals surface area (Å²) < 4.78 is 64.4. The van der Waals surface area contributed by atoms with Gasteiger partial charge in [-0.15, -0.1) is 0 Å². The lowest BCUT2D eigenvalue weighted by atomic mass is 9.59. The number of phenols is 1. The zero-order valence-corrected chi connectivity index (χ0v) is 21.2. The highest BCUT2D eigenvalue weighted by molar-refractivity contribution is 6.22. The number of nitrogens with zero attached hydrogens (tertiary/aromatic N) is 1. The first kappa shape index (κ1) is 29.3.